The van der Waals surface area contributed by atoms with Gasteiger partial charge in [0.1, 0.15) is 0 Å². The third-order valence-electron chi connectivity index (χ3n) is 5.60. The Morgan fingerprint density at radius 2 is 1.96 bits per heavy atom. The van der Waals surface area contributed by atoms with Crippen LogP contribution in [0.15, 0.2) is 36.7 Å². The highest BCUT2D eigenvalue weighted by Crippen LogP contribution is 2.39. The summed E-state index contributed by atoms with van der Waals surface area (Å²) in [7, 11) is 1.62. The smallest absolute Gasteiger partial charge is 0.251 e. The highest BCUT2D eigenvalue weighted by Gasteiger charge is 2.45. The lowest BCUT2D eigenvalue weighted by atomic mass is 10.1. The van der Waals surface area contributed by atoms with Crippen LogP contribution in [0.3, 0.4) is 0 Å². The molecule has 1 aliphatic heterocycles. The van der Waals surface area contributed by atoms with Gasteiger partial charge in [0.2, 0.25) is 5.91 Å². The maximum atomic E-state index is 12.6. The van der Waals surface area contributed by atoms with E-state index in [-0.39, 0.29) is 29.9 Å². The summed E-state index contributed by atoms with van der Waals surface area (Å²) in [6.07, 6.45) is 4.33. The number of likely N-dealkylation sites (tertiary alicyclic amines) is 1. The maximum Gasteiger partial charge on any atom is 0.251 e. The zero-order valence-corrected chi connectivity index (χ0v) is 15.5. The number of aromatic amines is 1. The van der Waals surface area contributed by atoms with Gasteiger partial charge in [-0.1, -0.05) is 19.1 Å². The molecule has 142 valence electrons. The SMILES string of the molecule is CO[C@@H]1CN(C(=O)[C@@H]2C[C@@H]2C)C[C@H]1NC(=O)c1ccc(-c2cn[nH]c2)cc1. The van der Waals surface area contributed by atoms with Crippen molar-refractivity contribution in [2.24, 2.45) is 11.8 Å². The predicted molar refractivity (Wildman–Crippen MR) is 99.9 cm³/mol. The van der Waals surface area contributed by atoms with Crippen molar-refractivity contribution in [3.63, 3.8) is 0 Å². The van der Waals surface area contributed by atoms with Crippen molar-refractivity contribution in [3.8, 4) is 11.1 Å². The monoisotopic (exact) mass is 368 g/mol. The van der Waals surface area contributed by atoms with Gasteiger partial charge in [-0.3, -0.25) is 14.7 Å². The lowest BCUT2D eigenvalue weighted by Gasteiger charge is -2.18. The van der Waals surface area contributed by atoms with Crippen molar-refractivity contribution in [1.82, 2.24) is 20.4 Å². The third-order valence-corrected chi connectivity index (χ3v) is 5.60. The number of hydrogen-bond donors (Lipinski definition) is 2. The van der Waals surface area contributed by atoms with Gasteiger partial charge in [0.25, 0.3) is 5.91 Å². The summed E-state index contributed by atoms with van der Waals surface area (Å²) < 4.78 is 5.52. The van der Waals surface area contributed by atoms with Crippen molar-refractivity contribution in [1.29, 1.82) is 0 Å². The van der Waals surface area contributed by atoms with Crippen LogP contribution in [0, 0.1) is 11.8 Å². The molecule has 1 saturated heterocycles. The first kappa shape index (κ1) is 17.7. The Bertz CT molecular complexity index is 818. The number of amides is 2. The Labute approximate surface area is 158 Å². The zero-order valence-electron chi connectivity index (χ0n) is 15.5. The Hall–Kier alpha value is -2.67. The molecule has 7 nitrogen and oxygen atoms in total. The fourth-order valence-electron chi connectivity index (χ4n) is 3.71. The average Bonchev–Trinajstić information content (AvgIpc) is 3.07. The molecular formula is C20H24N4O3. The van der Waals surface area contributed by atoms with Gasteiger partial charge in [-0.15, -0.1) is 0 Å². The molecule has 27 heavy (non-hydrogen) atoms. The highest BCUT2D eigenvalue weighted by molar-refractivity contribution is 5.95. The van der Waals surface area contributed by atoms with Crippen molar-refractivity contribution in [2.45, 2.75) is 25.5 Å². The molecule has 7 heteroatoms. The molecule has 1 aliphatic carbocycles. The molecule has 2 fully saturated rings. The average molecular weight is 368 g/mol. The Balaban J connectivity index is 1.40. The van der Waals surface area contributed by atoms with Gasteiger partial charge < -0.3 is 15.0 Å². The topological polar surface area (TPSA) is 87.3 Å². The molecule has 0 unspecified atom stereocenters. The van der Waals surface area contributed by atoms with Crippen LogP contribution in [0.4, 0.5) is 0 Å². The zero-order chi connectivity index (χ0) is 19.0. The molecule has 0 radical (unpaired) electrons. The fourth-order valence-corrected chi connectivity index (χ4v) is 3.71. The van der Waals surface area contributed by atoms with Crippen LogP contribution in [0.1, 0.15) is 23.7 Å². The standard InChI is InChI=1S/C20H24N4O3/c1-12-7-16(12)20(26)24-10-17(18(11-24)27-2)23-19(25)14-5-3-13(4-6-14)15-8-21-22-9-15/h3-6,8-9,12,16-18H,7,10-11H2,1-2H3,(H,21,22)(H,23,25)/t12-,16+,17+,18+/m0/s1. The molecule has 2 aliphatic rings. The number of rotatable bonds is 5. The lowest BCUT2D eigenvalue weighted by molar-refractivity contribution is -0.132. The van der Waals surface area contributed by atoms with Gasteiger partial charge in [-0.05, 0) is 30.0 Å². The highest BCUT2D eigenvalue weighted by atomic mass is 16.5. The van der Waals surface area contributed by atoms with Gasteiger partial charge in [0, 0.05) is 43.4 Å². The lowest BCUT2D eigenvalue weighted by Crippen LogP contribution is -2.43. The van der Waals surface area contributed by atoms with Crippen LogP contribution >= 0.6 is 0 Å². The predicted octanol–water partition coefficient (Wildman–Crippen LogP) is 1.69. The molecule has 1 aromatic carbocycles. The minimum absolute atomic E-state index is 0.146. The van der Waals surface area contributed by atoms with Gasteiger partial charge in [-0.25, -0.2) is 0 Å². The molecule has 2 N–H and O–H groups in total. The molecule has 1 aromatic heterocycles. The van der Waals surface area contributed by atoms with E-state index in [1.165, 1.54) is 0 Å². The van der Waals surface area contributed by atoms with Crippen molar-refractivity contribution >= 4 is 11.8 Å². The maximum absolute atomic E-state index is 12.6. The van der Waals surface area contributed by atoms with Crippen LogP contribution in [0.25, 0.3) is 11.1 Å². The van der Waals surface area contributed by atoms with Gasteiger partial charge in [0.05, 0.1) is 18.3 Å². The molecule has 1 saturated carbocycles. The van der Waals surface area contributed by atoms with Gasteiger partial charge >= 0.3 is 0 Å². The number of nitrogens with one attached hydrogen (secondary N) is 2. The van der Waals surface area contributed by atoms with E-state index in [1.54, 1.807) is 25.4 Å². The minimum atomic E-state index is -0.200. The summed E-state index contributed by atoms with van der Waals surface area (Å²) in [5.74, 6) is 0.647. The van der Waals surface area contributed by atoms with Crippen LogP contribution in [0.5, 0.6) is 0 Å². The minimum Gasteiger partial charge on any atom is -0.377 e. The summed E-state index contributed by atoms with van der Waals surface area (Å²) >= 11 is 0. The van der Waals surface area contributed by atoms with E-state index in [9.17, 15) is 9.59 Å². The summed E-state index contributed by atoms with van der Waals surface area (Å²) in [5.41, 5.74) is 2.55. The number of ether oxygens (including phenoxy) is 1. The van der Waals surface area contributed by atoms with Crippen molar-refractivity contribution in [3.05, 3.63) is 42.2 Å². The van der Waals surface area contributed by atoms with E-state index in [4.69, 9.17) is 4.74 Å². The Morgan fingerprint density at radius 3 is 2.56 bits per heavy atom. The molecule has 4 rings (SSSR count). The second-order valence-electron chi connectivity index (χ2n) is 7.48. The Morgan fingerprint density at radius 1 is 1.22 bits per heavy atom. The van der Waals surface area contributed by atoms with Crippen molar-refractivity contribution < 1.29 is 14.3 Å². The summed E-state index contributed by atoms with van der Waals surface area (Å²) in [6, 6.07) is 7.18. The summed E-state index contributed by atoms with van der Waals surface area (Å²) in [4.78, 5) is 27.0. The van der Waals surface area contributed by atoms with E-state index in [2.05, 4.69) is 22.4 Å². The largest absolute Gasteiger partial charge is 0.377 e. The van der Waals surface area contributed by atoms with Gasteiger partial charge in [0.15, 0.2) is 0 Å². The van der Waals surface area contributed by atoms with Crippen molar-refractivity contribution in [2.75, 3.05) is 20.2 Å². The van der Waals surface area contributed by atoms with E-state index in [0.29, 0.717) is 24.6 Å². The first-order valence-corrected chi connectivity index (χ1v) is 9.28. The normalized spacial score (nSPS) is 26.8. The number of H-pyrrole nitrogens is 1. The molecule has 0 bridgehead atoms. The second-order valence-corrected chi connectivity index (χ2v) is 7.48. The Kier molecular flexibility index (Phi) is 4.70. The van der Waals surface area contributed by atoms with E-state index < -0.39 is 0 Å². The van der Waals surface area contributed by atoms with E-state index in [0.717, 1.165) is 17.5 Å². The number of nitrogens with zero attached hydrogens (tertiary/aromatic N) is 2. The quantitative estimate of drug-likeness (QED) is 0.841. The number of aromatic nitrogens is 2. The third kappa shape index (κ3) is 3.60. The van der Waals surface area contributed by atoms with Crippen LogP contribution in [-0.4, -0.2) is 59.3 Å². The second kappa shape index (κ2) is 7.15. The van der Waals surface area contributed by atoms with Crippen LogP contribution in [-0.2, 0) is 9.53 Å². The molecule has 4 atom stereocenters. The molecule has 2 aromatic rings. The van der Waals surface area contributed by atoms with Gasteiger partial charge in [-0.2, -0.15) is 5.10 Å². The summed E-state index contributed by atoms with van der Waals surface area (Å²) in [6.45, 7) is 3.13. The number of benzene rings is 1. The molecule has 2 amide bonds. The first-order chi connectivity index (χ1) is 13.1. The number of carbonyl (C=O) groups excluding carboxylic acids is 2. The molecule has 0 spiro atoms. The van der Waals surface area contributed by atoms with Crippen LogP contribution in [0.2, 0.25) is 0 Å². The van der Waals surface area contributed by atoms with E-state index >= 15 is 0 Å². The number of methoxy groups -OCH3 is 1. The fraction of sp³-hybridized carbons (Fsp3) is 0.450. The summed E-state index contributed by atoms with van der Waals surface area (Å²) in [5, 5.41) is 9.74. The number of carbonyl (C=O) groups is 2. The van der Waals surface area contributed by atoms with Crippen LogP contribution < -0.4 is 5.32 Å². The van der Waals surface area contributed by atoms with E-state index in [1.807, 2.05) is 23.2 Å². The molecule has 2 heterocycles. The first-order valence-electron chi connectivity index (χ1n) is 9.28. The number of hydrogen-bond acceptors (Lipinski definition) is 4. The molecular weight excluding hydrogens is 344 g/mol.